The van der Waals surface area contributed by atoms with Crippen LogP contribution in [-0.2, 0) is 30.3 Å². The molecule has 0 atom stereocenters. The third-order valence-corrected chi connectivity index (χ3v) is 9.84. The lowest BCUT2D eigenvalue weighted by Gasteiger charge is -2.29. The number of benzene rings is 4. The fourth-order valence-electron chi connectivity index (χ4n) is 5.96. The maximum absolute atomic E-state index is 13.6. The van der Waals surface area contributed by atoms with Crippen molar-refractivity contribution in [3.05, 3.63) is 90.0 Å². The van der Waals surface area contributed by atoms with Gasteiger partial charge in [-0.2, -0.15) is 8.42 Å². The van der Waals surface area contributed by atoms with E-state index in [1.165, 1.54) is 0 Å². The quantitative estimate of drug-likeness (QED) is 0.0642. The minimum Gasteiger partial charge on any atom is -0.444 e. The molecule has 0 spiro atoms. The molecule has 0 aliphatic rings. The normalized spacial score (nSPS) is 12.2. The Labute approximate surface area is 310 Å². The molecule has 0 saturated heterocycles. The highest BCUT2D eigenvalue weighted by Crippen LogP contribution is 2.30. The van der Waals surface area contributed by atoms with Gasteiger partial charge in [0.25, 0.3) is 10.1 Å². The summed E-state index contributed by atoms with van der Waals surface area (Å²) in [6.45, 7) is 15.1. The van der Waals surface area contributed by atoms with Crippen molar-refractivity contribution in [1.82, 2.24) is 9.80 Å². The Bertz CT molecular complexity index is 1840. The molecule has 282 valence electrons. The molecule has 0 aromatic heterocycles. The van der Waals surface area contributed by atoms with Crippen LogP contribution in [0.4, 0.5) is 9.59 Å². The minimum atomic E-state index is -3.81. The van der Waals surface area contributed by atoms with E-state index in [0.29, 0.717) is 45.4 Å². The zero-order valence-electron chi connectivity index (χ0n) is 31.9. The molecule has 0 fully saturated rings. The molecule has 0 unspecified atom stereocenters. The van der Waals surface area contributed by atoms with Gasteiger partial charge >= 0.3 is 12.2 Å². The molecule has 0 aliphatic heterocycles. The van der Waals surface area contributed by atoms with Gasteiger partial charge in [-0.25, -0.2) is 9.59 Å². The van der Waals surface area contributed by atoms with Gasteiger partial charge in [0, 0.05) is 19.6 Å². The van der Waals surface area contributed by atoms with Crippen LogP contribution in [0.5, 0.6) is 0 Å². The first-order valence-electron chi connectivity index (χ1n) is 18.3. The number of ether oxygens (including phenoxy) is 2. The Balaban J connectivity index is 1.34. The monoisotopic (exact) mass is 732 g/mol. The fraction of sp³-hybridized carbons (Fsp3) is 0.476. The molecule has 0 bridgehead atoms. The number of rotatable bonds is 16. The molecule has 2 amide bonds. The first-order chi connectivity index (χ1) is 24.5. The molecule has 4 aromatic rings. The number of carbonyl (C=O) groups is 2. The van der Waals surface area contributed by atoms with Crippen molar-refractivity contribution in [2.24, 2.45) is 0 Å². The van der Waals surface area contributed by atoms with E-state index in [-0.39, 0.29) is 23.7 Å². The Kier molecular flexibility index (Phi) is 14.1. The van der Waals surface area contributed by atoms with Crippen molar-refractivity contribution < 1.29 is 31.7 Å². The van der Waals surface area contributed by atoms with Crippen molar-refractivity contribution in [3.63, 3.8) is 0 Å². The van der Waals surface area contributed by atoms with Gasteiger partial charge in [-0.15, -0.1) is 0 Å². The van der Waals surface area contributed by atoms with E-state index in [1.54, 1.807) is 34.1 Å². The van der Waals surface area contributed by atoms with Gasteiger partial charge in [-0.3, -0.25) is 4.18 Å². The van der Waals surface area contributed by atoms with Gasteiger partial charge in [0.1, 0.15) is 11.2 Å². The predicted molar refractivity (Wildman–Crippen MR) is 208 cm³/mol. The summed E-state index contributed by atoms with van der Waals surface area (Å²) in [6.07, 6.45) is 3.45. The molecule has 0 aliphatic carbocycles. The van der Waals surface area contributed by atoms with Crippen molar-refractivity contribution in [1.29, 1.82) is 0 Å². The number of fused-ring (bicyclic) bond motifs is 2. The van der Waals surface area contributed by atoms with E-state index in [0.717, 1.165) is 51.9 Å². The maximum Gasteiger partial charge on any atom is 0.410 e. The summed E-state index contributed by atoms with van der Waals surface area (Å²) in [4.78, 5) is 30.4. The van der Waals surface area contributed by atoms with Crippen LogP contribution >= 0.6 is 0 Å². The second-order valence-corrected chi connectivity index (χ2v) is 17.0. The summed E-state index contributed by atoms with van der Waals surface area (Å²) in [5, 5.41) is 4.48. The lowest BCUT2D eigenvalue weighted by molar-refractivity contribution is 0.0230. The number of nitrogens with zero attached hydrogens (tertiary/aromatic N) is 2. The Hall–Kier alpha value is -4.15. The van der Waals surface area contributed by atoms with E-state index < -0.39 is 21.3 Å². The second-order valence-electron chi connectivity index (χ2n) is 15.4. The molecule has 0 N–H and O–H groups in total. The number of hydrogen-bond donors (Lipinski definition) is 0. The SMILES string of the molecule is Cc1ccc(S(=O)(=O)OCCCCCN(CCCCCN(Cc2c3ccccc3cc3ccccc23)C(=O)OC(C)(C)C)C(=O)OC(C)(C)C)cc1. The number of amides is 2. The van der Waals surface area contributed by atoms with Gasteiger partial charge in [-0.05, 0) is 132 Å². The zero-order chi connectivity index (χ0) is 37.9. The summed E-state index contributed by atoms with van der Waals surface area (Å²) in [7, 11) is -3.81. The molecule has 10 heteroatoms. The minimum absolute atomic E-state index is 0.0748. The molecule has 52 heavy (non-hydrogen) atoms. The Morgan fingerprint density at radius 2 is 1.08 bits per heavy atom. The summed E-state index contributed by atoms with van der Waals surface area (Å²) in [6, 6.07) is 25.3. The molecule has 0 saturated carbocycles. The van der Waals surface area contributed by atoms with Crippen LogP contribution in [-0.4, -0.2) is 67.8 Å². The Morgan fingerprint density at radius 3 is 1.60 bits per heavy atom. The summed E-state index contributed by atoms with van der Waals surface area (Å²) < 4.78 is 41.8. The lowest BCUT2D eigenvalue weighted by atomic mass is 9.96. The first kappa shape index (κ1) is 40.6. The van der Waals surface area contributed by atoms with Crippen LogP contribution in [0.1, 0.15) is 91.2 Å². The molecular formula is C42H56N2O7S. The zero-order valence-corrected chi connectivity index (χ0v) is 32.8. The number of unbranched alkanes of at least 4 members (excludes halogenated alkanes) is 4. The Morgan fingerprint density at radius 1 is 0.615 bits per heavy atom. The molecule has 4 aromatic carbocycles. The number of aryl methyl sites for hydroxylation is 1. The van der Waals surface area contributed by atoms with Gasteiger partial charge in [-0.1, -0.05) is 66.2 Å². The van der Waals surface area contributed by atoms with E-state index in [4.69, 9.17) is 13.7 Å². The average Bonchev–Trinajstić information content (AvgIpc) is 3.06. The lowest BCUT2D eigenvalue weighted by Crippen LogP contribution is -2.38. The van der Waals surface area contributed by atoms with Crippen LogP contribution in [0, 0.1) is 6.92 Å². The number of carbonyl (C=O) groups excluding carboxylic acids is 2. The van der Waals surface area contributed by atoms with Gasteiger partial charge in [0.2, 0.25) is 0 Å². The molecule has 0 radical (unpaired) electrons. The summed E-state index contributed by atoms with van der Waals surface area (Å²) in [5.41, 5.74) is 0.800. The van der Waals surface area contributed by atoms with Crippen molar-refractivity contribution >= 4 is 43.8 Å². The van der Waals surface area contributed by atoms with Crippen molar-refractivity contribution in [2.45, 2.75) is 110 Å². The average molecular weight is 733 g/mol. The van der Waals surface area contributed by atoms with E-state index in [9.17, 15) is 18.0 Å². The summed E-state index contributed by atoms with van der Waals surface area (Å²) >= 11 is 0. The third kappa shape index (κ3) is 12.5. The molecule has 0 heterocycles. The highest BCUT2D eigenvalue weighted by molar-refractivity contribution is 7.86. The first-order valence-corrected chi connectivity index (χ1v) is 19.7. The number of hydrogen-bond acceptors (Lipinski definition) is 7. The second kappa shape index (κ2) is 18.1. The summed E-state index contributed by atoms with van der Waals surface area (Å²) in [5.74, 6) is 0. The van der Waals surface area contributed by atoms with Crippen LogP contribution in [0.3, 0.4) is 0 Å². The van der Waals surface area contributed by atoms with Crippen molar-refractivity contribution in [2.75, 3.05) is 26.2 Å². The topological polar surface area (TPSA) is 102 Å². The van der Waals surface area contributed by atoms with E-state index in [1.807, 2.05) is 72.7 Å². The van der Waals surface area contributed by atoms with Crippen LogP contribution in [0.25, 0.3) is 21.5 Å². The van der Waals surface area contributed by atoms with E-state index >= 15 is 0 Å². The predicted octanol–water partition coefficient (Wildman–Crippen LogP) is 10.0. The molecule has 9 nitrogen and oxygen atoms in total. The largest absolute Gasteiger partial charge is 0.444 e. The van der Waals surface area contributed by atoms with E-state index in [2.05, 4.69) is 30.3 Å². The van der Waals surface area contributed by atoms with Crippen LogP contribution in [0.15, 0.2) is 83.8 Å². The third-order valence-electron chi connectivity index (χ3n) is 8.51. The van der Waals surface area contributed by atoms with Gasteiger partial charge in [0.15, 0.2) is 0 Å². The standard InChI is InChI=1S/C42H56N2O7S/c1-32-22-24-35(25-23-32)52(47,48)49-29-17-9-16-27-43(39(45)50-41(2,3)4)26-14-8-15-28-44(40(46)51-42(5,6)7)31-38-36-20-12-10-18-33(36)30-34-19-11-13-21-37(34)38/h10-13,18-25,30H,8-9,14-17,26-29,31H2,1-7H3. The smallest absolute Gasteiger partial charge is 0.410 e. The molecule has 4 rings (SSSR count). The highest BCUT2D eigenvalue weighted by Gasteiger charge is 2.25. The van der Waals surface area contributed by atoms with Crippen LogP contribution in [0.2, 0.25) is 0 Å². The highest BCUT2D eigenvalue weighted by atomic mass is 32.2. The fourth-order valence-corrected chi connectivity index (χ4v) is 6.90. The van der Waals surface area contributed by atoms with Crippen molar-refractivity contribution in [3.8, 4) is 0 Å². The van der Waals surface area contributed by atoms with Crippen LogP contribution < -0.4 is 0 Å². The molecular weight excluding hydrogens is 677 g/mol. The maximum atomic E-state index is 13.6. The van der Waals surface area contributed by atoms with Gasteiger partial charge in [0.05, 0.1) is 18.0 Å². The van der Waals surface area contributed by atoms with Gasteiger partial charge < -0.3 is 19.3 Å².